The Hall–Kier alpha value is -0.670. The van der Waals surface area contributed by atoms with Gasteiger partial charge in [0.15, 0.2) is 0 Å². The summed E-state index contributed by atoms with van der Waals surface area (Å²) in [6, 6.07) is 8.34. The van der Waals surface area contributed by atoms with Gasteiger partial charge in [-0.05, 0) is 24.6 Å². The molecule has 0 aliphatic rings. The molecule has 0 spiro atoms. The first-order valence-corrected chi connectivity index (χ1v) is 6.29. The Labute approximate surface area is 106 Å². The number of hydrogen-bond acceptors (Lipinski definition) is 2. The van der Waals surface area contributed by atoms with E-state index >= 15 is 0 Å². The molecular weight excluding hydrogens is 266 g/mol. The fraction of sp³-hybridized carbons (Fsp3) is 0.462. The molecule has 0 saturated carbocycles. The van der Waals surface area contributed by atoms with E-state index in [1.807, 2.05) is 24.3 Å². The second-order valence-electron chi connectivity index (χ2n) is 4.28. The molecule has 16 heavy (non-hydrogen) atoms. The number of benzene rings is 1. The van der Waals surface area contributed by atoms with Gasteiger partial charge in [-0.25, -0.2) is 0 Å². The van der Waals surface area contributed by atoms with Crippen LogP contribution in [0.5, 0.6) is 0 Å². The highest BCUT2D eigenvalue weighted by Gasteiger charge is 2.16. The van der Waals surface area contributed by atoms with E-state index in [9.17, 15) is 4.79 Å². The normalized spacial score (nSPS) is 12.8. The lowest BCUT2D eigenvalue weighted by atomic mass is 9.95. The summed E-state index contributed by atoms with van der Waals surface area (Å²) in [6.45, 7) is 6.51. The molecular formula is C13H18BrNO. The van der Waals surface area contributed by atoms with Crippen molar-refractivity contribution < 1.29 is 4.79 Å². The van der Waals surface area contributed by atoms with Crippen LogP contribution in [0.1, 0.15) is 32.3 Å². The van der Waals surface area contributed by atoms with Gasteiger partial charge in [0, 0.05) is 17.1 Å². The fourth-order valence-electron chi connectivity index (χ4n) is 1.54. The summed E-state index contributed by atoms with van der Waals surface area (Å²) in [4.78, 5) is 11.6. The monoisotopic (exact) mass is 283 g/mol. The SMILES string of the molecule is CC(=O)C(CNC(C)C)c1ccc(Br)cc1. The Morgan fingerprint density at radius 2 is 1.88 bits per heavy atom. The number of rotatable bonds is 5. The van der Waals surface area contributed by atoms with Crippen LogP contribution in [0.2, 0.25) is 0 Å². The maximum absolute atomic E-state index is 11.6. The van der Waals surface area contributed by atoms with Crippen LogP contribution in [0, 0.1) is 0 Å². The van der Waals surface area contributed by atoms with Crippen molar-refractivity contribution in [3.05, 3.63) is 34.3 Å². The highest BCUT2D eigenvalue weighted by atomic mass is 79.9. The molecule has 0 amide bonds. The van der Waals surface area contributed by atoms with Crippen LogP contribution in [-0.4, -0.2) is 18.4 Å². The summed E-state index contributed by atoms with van der Waals surface area (Å²) >= 11 is 3.39. The first kappa shape index (κ1) is 13.4. The van der Waals surface area contributed by atoms with Crippen molar-refractivity contribution in [2.75, 3.05) is 6.54 Å². The van der Waals surface area contributed by atoms with Gasteiger partial charge in [0.1, 0.15) is 5.78 Å². The zero-order valence-electron chi connectivity index (χ0n) is 9.96. The van der Waals surface area contributed by atoms with Crippen LogP contribution in [0.25, 0.3) is 0 Å². The summed E-state index contributed by atoms with van der Waals surface area (Å²) in [5, 5.41) is 3.31. The Morgan fingerprint density at radius 1 is 1.31 bits per heavy atom. The number of hydrogen-bond donors (Lipinski definition) is 1. The largest absolute Gasteiger partial charge is 0.313 e. The van der Waals surface area contributed by atoms with Crippen LogP contribution in [0.4, 0.5) is 0 Å². The maximum Gasteiger partial charge on any atom is 0.138 e. The molecule has 0 bridgehead atoms. The first-order chi connectivity index (χ1) is 7.50. The molecule has 0 fully saturated rings. The average molecular weight is 284 g/mol. The topological polar surface area (TPSA) is 29.1 Å². The number of ketones is 1. The van der Waals surface area contributed by atoms with E-state index < -0.39 is 0 Å². The lowest BCUT2D eigenvalue weighted by molar-refractivity contribution is -0.118. The zero-order valence-corrected chi connectivity index (χ0v) is 11.5. The fourth-order valence-corrected chi connectivity index (χ4v) is 1.81. The van der Waals surface area contributed by atoms with E-state index in [0.717, 1.165) is 10.0 Å². The second kappa shape index (κ2) is 6.16. The molecule has 0 heterocycles. The number of carbonyl (C=O) groups is 1. The zero-order chi connectivity index (χ0) is 12.1. The molecule has 3 heteroatoms. The Bertz CT molecular complexity index is 345. The predicted molar refractivity (Wildman–Crippen MR) is 70.7 cm³/mol. The van der Waals surface area contributed by atoms with Crippen LogP contribution >= 0.6 is 15.9 Å². The standard InChI is InChI=1S/C13H18BrNO/c1-9(2)15-8-13(10(3)16)11-4-6-12(14)7-5-11/h4-7,9,13,15H,8H2,1-3H3. The number of nitrogens with one attached hydrogen (secondary N) is 1. The predicted octanol–water partition coefficient (Wildman–Crippen LogP) is 3.12. The third-order valence-electron chi connectivity index (χ3n) is 2.49. The minimum absolute atomic E-state index is 0.0458. The molecule has 2 nitrogen and oxygen atoms in total. The Balaban J connectivity index is 2.77. The van der Waals surface area contributed by atoms with E-state index in [-0.39, 0.29) is 11.7 Å². The highest BCUT2D eigenvalue weighted by molar-refractivity contribution is 9.10. The molecule has 0 aliphatic heterocycles. The molecule has 1 rings (SSSR count). The first-order valence-electron chi connectivity index (χ1n) is 5.50. The van der Waals surface area contributed by atoms with Crippen LogP contribution in [0.3, 0.4) is 0 Å². The molecule has 0 aliphatic carbocycles. The van der Waals surface area contributed by atoms with E-state index in [1.54, 1.807) is 6.92 Å². The molecule has 88 valence electrons. The van der Waals surface area contributed by atoms with Crippen molar-refractivity contribution in [1.29, 1.82) is 0 Å². The molecule has 0 saturated heterocycles. The molecule has 1 atom stereocenters. The van der Waals surface area contributed by atoms with Crippen molar-refractivity contribution in [2.24, 2.45) is 0 Å². The van der Waals surface area contributed by atoms with Crippen molar-refractivity contribution in [1.82, 2.24) is 5.32 Å². The van der Waals surface area contributed by atoms with Gasteiger partial charge in [0.2, 0.25) is 0 Å². The minimum atomic E-state index is -0.0458. The maximum atomic E-state index is 11.6. The van der Waals surface area contributed by atoms with E-state index in [4.69, 9.17) is 0 Å². The lowest BCUT2D eigenvalue weighted by Crippen LogP contribution is -2.30. The van der Waals surface area contributed by atoms with Gasteiger partial charge in [0.25, 0.3) is 0 Å². The van der Waals surface area contributed by atoms with Gasteiger partial charge in [-0.2, -0.15) is 0 Å². The summed E-state index contributed by atoms with van der Waals surface area (Å²) in [7, 11) is 0. The Kier molecular flexibility index (Phi) is 5.16. The van der Waals surface area contributed by atoms with Crippen molar-refractivity contribution in [3.8, 4) is 0 Å². The smallest absolute Gasteiger partial charge is 0.138 e. The molecule has 1 aromatic rings. The number of carbonyl (C=O) groups excluding carboxylic acids is 1. The van der Waals surface area contributed by atoms with E-state index in [1.165, 1.54) is 0 Å². The third-order valence-corrected chi connectivity index (χ3v) is 3.02. The van der Waals surface area contributed by atoms with Crippen molar-refractivity contribution >= 4 is 21.7 Å². The highest BCUT2D eigenvalue weighted by Crippen LogP contribution is 2.19. The number of halogens is 1. The minimum Gasteiger partial charge on any atom is -0.313 e. The van der Waals surface area contributed by atoms with Gasteiger partial charge >= 0.3 is 0 Å². The molecule has 1 aromatic carbocycles. The second-order valence-corrected chi connectivity index (χ2v) is 5.19. The van der Waals surface area contributed by atoms with Crippen molar-refractivity contribution in [2.45, 2.75) is 32.7 Å². The van der Waals surface area contributed by atoms with E-state index in [0.29, 0.717) is 12.6 Å². The summed E-state index contributed by atoms with van der Waals surface area (Å²) in [6.07, 6.45) is 0. The van der Waals surface area contributed by atoms with Gasteiger partial charge in [-0.1, -0.05) is 41.9 Å². The molecule has 0 aromatic heterocycles. The van der Waals surface area contributed by atoms with Gasteiger partial charge in [0.05, 0.1) is 5.92 Å². The van der Waals surface area contributed by atoms with Gasteiger partial charge in [-0.3, -0.25) is 4.79 Å². The van der Waals surface area contributed by atoms with Crippen LogP contribution in [-0.2, 0) is 4.79 Å². The average Bonchev–Trinajstić information content (AvgIpc) is 2.20. The molecule has 0 radical (unpaired) electrons. The van der Waals surface area contributed by atoms with Crippen LogP contribution in [0.15, 0.2) is 28.7 Å². The summed E-state index contributed by atoms with van der Waals surface area (Å²) in [5.74, 6) is 0.158. The van der Waals surface area contributed by atoms with Gasteiger partial charge in [-0.15, -0.1) is 0 Å². The van der Waals surface area contributed by atoms with Gasteiger partial charge < -0.3 is 5.32 Å². The Morgan fingerprint density at radius 3 is 2.31 bits per heavy atom. The van der Waals surface area contributed by atoms with Crippen LogP contribution < -0.4 is 5.32 Å². The third kappa shape index (κ3) is 4.06. The molecule has 1 N–H and O–H groups in total. The van der Waals surface area contributed by atoms with Crippen molar-refractivity contribution in [3.63, 3.8) is 0 Å². The number of Topliss-reactive ketones (excluding diaryl/α,β-unsaturated/α-hetero) is 1. The quantitative estimate of drug-likeness (QED) is 0.900. The summed E-state index contributed by atoms with van der Waals surface area (Å²) < 4.78 is 1.04. The molecule has 1 unspecified atom stereocenters. The lowest BCUT2D eigenvalue weighted by Gasteiger charge is -2.17. The van der Waals surface area contributed by atoms with E-state index in [2.05, 4.69) is 35.1 Å². The summed E-state index contributed by atoms with van der Waals surface area (Å²) in [5.41, 5.74) is 1.07.